The Hall–Kier alpha value is -0.548. The molecule has 0 aromatic heterocycles. The van der Waals surface area contributed by atoms with Crippen LogP contribution in [-0.2, 0) is 31.0 Å². The van der Waals surface area contributed by atoms with E-state index >= 15 is 0 Å². The van der Waals surface area contributed by atoms with Gasteiger partial charge in [0.25, 0.3) is 0 Å². The molecule has 0 fully saturated rings. The van der Waals surface area contributed by atoms with E-state index in [0.717, 1.165) is 0 Å². The molecular weight excluding hydrogens is 320 g/mol. The van der Waals surface area contributed by atoms with Gasteiger partial charge in [0.1, 0.15) is 0 Å². The van der Waals surface area contributed by atoms with Crippen LogP contribution in [-0.4, -0.2) is 17.6 Å². The molecule has 0 aromatic rings. The van der Waals surface area contributed by atoms with Crippen molar-refractivity contribution in [1.82, 2.24) is 0 Å². The Morgan fingerprint density at radius 1 is 1.50 bits per heavy atom. The van der Waals surface area contributed by atoms with Gasteiger partial charge in [-0.1, -0.05) is 0 Å². The van der Waals surface area contributed by atoms with E-state index in [1.165, 1.54) is 0 Å². The minimum absolute atomic E-state index is 0.0278. The van der Waals surface area contributed by atoms with E-state index in [9.17, 15) is 4.79 Å². The fraction of sp³-hybridized carbons (Fsp3) is 0.500. The van der Waals surface area contributed by atoms with Crippen molar-refractivity contribution < 1.29 is 45.7 Å². The van der Waals surface area contributed by atoms with Crippen LogP contribution >= 0.6 is 0 Å². The van der Waals surface area contributed by atoms with E-state index in [0.29, 0.717) is 0 Å². The zero-order valence-corrected chi connectivity index (χ0v) is 7.50. The second-order valence-electron chi connectivity index (χ2n) is 1.02. The molecule has 0 aliphatic carbocycles. The maximum absolute atomic E-state index is 9.31. The van der Waals surface area contributed by atoms with Gasteiger partial charge in [0.2, 0.25) is 0 Å². The van der Waals surface area contributed by atoms with Gasteiger partial charge in [0.15, 0.2) is 6.54 Å². The second kappa shape index (κ2) is 5.25. The topological polar surface area (TPSA) is 139 Å². The number of carboxylic acids is 1. The number of carbonyl (C=O) groups is 1. The van der Waals surface area contributed by atoms with E-state index in [1.54, 1.807) is 0 Å². The average molecular weight is 326 g/mol. The van der Waals surface area contributed by atoms with Gasteiger partial charge in [-0.25, -0.2) is 4.79 Å². The Balaban J connectivity index is 0. The molecule has 0 radical (unpaired) electrons. The summed E-state index contributed by atoms with van der Waals surface area (Å²) >= 11 is -6.11. The molecule has 0 unspecified atom stereocenters. The summed E-state index contributed by atoms with van der Waals surface area (Å²) in [7, 11) is 0. The summed E-state index contributed by atoms with van der Waals surface area (Å²) in [4.78, 5) is 9.31. The van der Waals surface area contributed by atoms with Crippen molar-refractivity contribution in [3.05, 3.63) is 0 Å². The van der Waals surface area contributed by atoms with E-state index in [1.807, 2.05) is 0 Å². The summed E-state index contributed by atoms with van der Waals surface area (Å²) in [6, 6.07) is 0. The third-order valence-corrected chi connectivity index (χ3v) is 0.214. The number of aliphatic carboxylic acids is 1. The molecule has 0 saturated heterocycles. The third kappa shape index (κ3) is 147. The van der Waals surface area contributed by atoms with Gasteiger partial charge in [0, 0.05) is 0 Å². The molecule has 0 rings (SSSR count). The van der Waals surface area contributed by atoms with Crippen LogP contribution in [0.5, 0.6) is 0 Å². The Labute approximate surface area is 58.8 Å². The molecule has 0 aromatic carbocycles. The maximum atomic E-state index is 9.31. The molecule has 0 heterocycles. The quantitative estimate of drug-likeness (QED) is 0.519. The SMILES string of the molecule is [NH3+]CC(=O)O.[O]=[Re](=[O])(=[O])[O-]. The van der Waals surface area contributed by atoms with Gasteiger partial charge < -0.3 is 10.8 Å². The summed E-state index contributed by atoms with van der Waals surface area (Å²) in [6.45, 7) is -0.0278. The van der Waals surface area contributed by atoms with Gasteiger partial charge in [-0.3, -0.25) is 0 Å². The molecule has 0 aliphatic heterocycles. The molecule has 0 spiro atoms. The summed E-state index contributed by atoms with van der Waals surface area (Å²) in [5.41, 5.74) is 3.09. The molecule has 62 valence electrons. The number of carboxylic acid groups (broad SMARTS) is 1. The van der Waals surface area contributed by atoms with Crippen molar-refractivity contribution in [3.63, 3.8) is 0 Å². The fourth-order valence-corrected chi connectivity index (χ4v) is 0. The van der Waals surface area contributed by atoms with Gasteiger partial charge in [-0.2, -0.15) is 0 Å². The number of hydrogen-bond donors (Lipinski definition) is 2. The zero-order chi connectivity index (χ0) is 8.78. The third-order valence-electron chi connectivity index (χ3n) is 0.214. The van der Waals surface area contributed by atoms with E-state index in [2.05, 4.69) is 5.73 Å². The van der Waals surface area contributed by atoms with Crippen molar-refractivity contribution >= 4 is 5.97 Å². The Bertz CT molecular complexity index is 218. The van der Waals surface area contributed by atoms with Crippen LogP contribution in [0, 0.1) is 0 Å². The Morgan fingerprint density at radius 2 is 1.60 bits per heavy atom. The molecule has 7 nitrogen and oxygen atoms in total. The molecular formula is C2H6NO6Re. The summed E-state index contributed by atoms with van der Waals surface area (Å²) in [5, 5.41) is 7.66. The molecule has 4 N–H and O–H groups in total. The van der Waals surface area contributed by atoms with E-state index < -0.39 is 21.8 Å². The molecule has 0 atom stereocenters. The predicted octanol–water partition coefficient (Wildman–Crippen LogP) is -3.23. The first-order chi connectivity index (χ1) is 4.27. The molecule has 10 heavy (non-hydrogen) atoms. The van der Waals surface area contributed by atoms with Crippen LogP contribution in [0.25, 0.3) is 0 Å². The molecule has 8 heteroatoms. The first-order valence-electron chi connectivity index (χ1n) is 1.90. The van der Waals surface area contributed by atoms with Gasteiger partial charge in [-0.15, -0.1) is 0 Å². The van der Waals surface area contributed by atoms with Crippen LogP contribution in [0.2, 0.25) is 0 Å². The van der Waals surface area contributed by atoms with Gasteiger partial charge in [-0.05, 0) is 0 Å². The minimum atomic E-state index is -6.11. The first kappa shape index (κ1) is 12.2. The summed E-state index contributed by atoms with van der Waals surface area (Å²) in [5.74, 6) is -0.856. The Morgan fingerprint density at radius 3 is 1.60 bits per heavy atom. The van der Waals surface area contributed by atoms with Crippen molar-refractivity contribution in [3.8, 4) is 0 Å². The van der Waals surface area contributed by atoms with Crippen LogP contribution in [0.4, 0.5) is 0 Å². The average Bonchev–Trinajstić information content (AvgIpc) is 1.61. The van der Waals surface area contributed by atoms with Crippen molar-refractivity contribution in [1.29, 1.82) is 0 Å². The molecule has 0 aliphatic rings. The van der Waals surface area contributed by atoms with E-state index in [-0.39, 0.29) is 6.54 Å². The standard InChI is InChI=1S/C2H5NO2.4O.Re/c3-1-2(4)5;;;;;/h1,3H2,(H,4,5);;;;;/q;;;;-1;/p+1. The van der Waals surface area contributed by atoms with Gasteiger partial charge >= 0.3 is 36.0 Å². The number of rotatable bonds is 1. The number of hydrogen-bond acceptors (Lipinski definition) is 5. The zero-order valence-electron chi connectivity index (χ0n) is 4.78. The molecule has 0 amide bonds. The molecule has 0 saturated carbocycles. The Kier molecular flexibility index (Phi) is 6.39. The predicted molar refractivity (Wildman–Crippen MR) is 17.5 cm³/mol. The van der Waals surface area contributed by atoms with Crippen LogP contribution in [0.3, 0.4) is 0 Å². The van der Waals surface area contributed by atoms with Crippen LogP contribution in [0.1, 0.15) is 0 Å². The second-order valence-corrected chi connectivity index (χ2v) is 3.74. The monoisotopic (exact) mass is 327 g/mol. The molecule has 0 bridgehead atoms. The summed E-state index contributed by atoms with van der Waals surface area (Å²) < 4.78 is 34.6. The van der Waals surface area contributed by atoms with Crippen molar-refractivity contribution in [2.45, 2.75) is 0 Å². The van der Waals surface area contributed by atoms with Gasteiger partial charge in [0.05, 0.1) is 0 Å². The van der Waals surface area contributed by atoms with Crippen LogP contribution < -0.4 is 9.56 Å². The fourth-order valence-electron chi connectivity index (χ4n) is 0. The van der Waals surface area contributed by atoms with Crippen molar-refractivity contribution in [2.24, 2.45) is 0 Å². The van der Waals surface area contributed by atoms with Crippen molar-refractivity contribution in [2.75, 3.05) is 6.54 Å². The first-order valence-corrected chi connectivity index (χ1v) is 6.33. The normalized spacial score (nSPS) is 9.40. The summed E-state index contributed by atoms with van der Waals surface area (Å²) in [6.07, 6.45) is 0. The van der Waals surface area contributed by atoms with Crippen LogP contribution in [0.15, 0.2) is 0 Å². The van der Waals surface area contributed by atoms with E-state index in [4.69, 9.17) is 19.3 Å². The number of quaternary nitrogens is 1.